The quantitative estimate of drug-likeness (QED) is 0.917. The number of piperidine rings is 1. The van der Waals surface area contributed by atoms with Crippen molar-refractivity contribution in [1.82, 2.24) is 4.31 Å². The number of hydrogen-bond acceptors (Lipinski definition) is 3. The van der Waals surface area contributed by atoms with E-state index in [-0.39, 0.29) is 12.4 Å². The highest BCUT2D eigenvalue weighted by atomic mass is 35.5. The molecule has 1 aromatic carbocycles. The van der Waals surface area contributed by atoms with Crippen LogP contribution < -0.4 is 5.73 Å². The van der Waals surface area contributed by atoms with E-state index in [9.17, 15) is 8.42 Å². The first-order valence-corrected chi connectivity index (χ1v) is 7.34. The maximum Gasteiger partial charge on any atom is 0.243 e. The maximum absolute atomic E-state index is 12.3. The number of halogens is 1. The van der Waals surface area contributed by atoms with E-state index in [4.69, 9.17) is 5.73 Å². The second kappa shape index (κ2) is 6.52. The van der Waals surface area contributed by atoms with E-state index >= 15 is 0 Å². The Morgan fingerprint density at radius 2 is 1.94 bits per heavy atom. The van der Waals surface area contributed by atoms with Crippen molar-refractivity contribution < 1.29 is 8.42 Å². The molecule has 1 saturated heterocycles. The van der Waals surface area contributed by atoms with E-state index in [0.29, 0.717) is 30.4 Å². The Morgan fingerprint density at radius 1 is 1.28 bits per heavy atom. The third-order valence-electron chi connectivity index (χ3n) is 3.20. The lowest BCUT2D eigenvalue weighted by molar-refractivity contribution is 0.271. The summed E-state index contributed by atoms with van der Waals surface area (Å²) in [6.07, 6.45) is 1.92. The van der Waals surface area contributed by atoms with Crippen molar-refractivity contribution >= 4 is 22.4 Å². The molecule has 18 heavy (non-hydrogen) atoms. The summed E-state index contributed by atoms with van der Waals surface area (Å²) in [6.45, 7) is 1.71. The van der Waals surface area contributed by atoms with Gasteiger partial charge in [0, 0.05) is 13.1 Å². The Morgan fingerprint density at radius 3 is 2.56 bits per heavy atom. The number of nitrogens with two attached hydrogens (primary N) is 1. The van der Waals surface area contributed by atoms with Crippen molar-refractivity contribution in [2.75, 3.05) is 19.6 Å². The largest absolute Gasteiger partial charge is 0.330 e. The van der Waals surface area contributed by atoms with Gasteiger partial charge >= 0.3 is 0 Å². The molecule has 102 valence electrons. The smallest absolute Gasteiger partial charge is 0.243 e. The predicted molar refractivity (Wildman–Crippen MR) is 74.2 cm³/mol. The van der Waals surface area contributed by atoms with E-state index in [1.165, 1.54) is 0 Å². The third kappa shape index (κ3) is 3.23. The average Bonchev–Trinajstić information content (AvgIpc) is 2.40. The molecule has 0 radical (unpaired) electrons. The Hall–Kier alpha value is -0.620. The van der Waals surface area contributed by atoms with Crippen LogP contribution in [0.2, 0.25) is 0 Å². The third-order valence-corrected chi connectivity index (χ3v) is 5.08. The van der Waals surface area contributed by atoms with Gasteiger partial charge in [-0.15, -0.1) is 12.4 Å². The molecule has 1 fully saturated rings. The van der Waals surface area contributed by atoms with E-state index in [1.54, 1.807) is 28.6 Å². The van der Waals surface area contributed by atoms with Crippen LogP contribution in [0.5, 0.6) is 0 Å². The first-order chi connectivity index (χ1) is 8.14. The Labute approximate surface area is 115 Å². The lowest BCUT2D eigenvalue weighted by Gasteiger charge is -2.31. The fraction of sp³-hybridized carbons (Fsp3) is 0.500. The molecule has 0 saturated carbocycles. The van der Waals surface area contributed by atoms with E-state index in [0.717, 1.165) is 12.8 Å². The van der Waals surface area contributed by atoms with Crippen molar-refractivity contribution in [1.29, 1.82) is 0 Å². The molecule has 1 unspecified atom stereocenters. The van der Waals surface area contributed by atoms with Crippen LogP contribution in [0.25, 0.3) is 0 Å². The maximum atomic E-state index is 12.3. The first kappa shape index (κ1) is 15.4. The van der Waals surface area contributed by atoms with Crippen LogP contribution in [0.4, 0.5) is 0 Å². The standard InChI is InChI=1S/C12H18N2O2S.ClH/c13-9-11-5-4-8-14(10-11)17(15,16)12-6-2-1-3-7-12;/h1-3,6-7,11H,4-5,8-10,13H2;1H. The van der Waals surface area contributed by atoms with Crippen LogP contribution in [0, 0.1) is 5.92 Å². The summed E-state index contributed by atoms with van der Waals surface area (Å²) in [5.41, 5.74) is 5.63. The van der Waals surface area contributed by atoms with E-state index in [1.807, 2.05) is 6.07 Å². The van der Waals surface area contributed by atoms with Gasteiger partial charge in [-0.25, -0.2) is 8.42 Å². The molecule has 1 aromatic rings. The van der Waals surface area contributed by atoms with Crippen LogP contribution >= 0.6 is 12.4 Å². The summed E-state index contributed by atoms with van der Waals surface area (Å²) in [4.78, 5) is 0.373. The summed E-state index contributed by atoms with van der Waals surface area (Å²) in [5, 5.41) is 0. The van der Waals surface area contributed by atoms with Crippen LogP contribution in [-0.2, 0) is 10.0 Å². The van der Waals surface area contributed by atoms with Gasteiger partial charge in [-0.3, -0.25) is 0 Å². The molecule has 0 spiro atoms. The molecule has 4 nitrogen and oxygen atoms in total. The van der Waals surface area contributed by atoms with Gasteiger partial charge in [-0.05, 0) is 37.4 Å². The summed E-state index contributed by atoms with van der Waals surface area (Å²) in [5.74, 6) is 0.294. The molecule has 0 aromatic heterocycles. The summed E-state index contributed by atoms with van der Waals surface area (Å²) >= 11 is 0. The zero-order chi connectivity index (χ0) is 12.3. The molecular weight excluding hydrogens is 272 g/mol. The molecule has 6 heteroatoms. The monoisotopic (exact) mass is 290 g/mol. The van der Waals surface area contributed by atoms with Crippen LogP contribution in [0.15, 0.2) is 35.2 Å². The molecule has 0 bridgehead atoms. The summed E-state index contributed by atoms with van der Waals surface area (Å²) in [7, 11) is -3.33. The SMILES string of the molecule is Cl.NCC1CCCN(S(=O)(=O)c2ccccc2)C1. The zero-order valence-corrected chi connectivity index (χ0v) is 11.8. The highest BCUT2D eigenvalue weighted by Gasteiger charge is 2.29. The predicted octanol–water partition coefficient (Wildman–Crippen LogP) is 1.47. The van der Waals surface area contributed by atoms with Gasteiger partial charge < -0.3 is 5.73 Å². The topological polar surface area (TPSA) is 63.4 Å². The van der Waals surface area contributed by atoms with Crippen molar-refractivity contribution in [2.24, 2.45) is 11.7 Å². The lowest BCUT2D eigenvalue weighted by Crippen LogP contribution is -2.41. The number of hydrogen-bond donors (Lipinski definition) is 1. The molecule has 2 rings (SSSR count). The van der Waals surface area contributed by atoms with Gasteiger partial charge in [0.1, 0.15) is 0 Å². The molecular formula is C12H19ClN2O2S. The van der Waals surface area contributed by atoms with Gasteiger partial charge in [0.25, 0.3) is 0 Å². The fourth-order valence-electron chi connectivity index (χ4n) is 2.18. The van der Waals surface area contributed by atoms with Crippen LogP contribution in [0.3, 0.4) is 0 Å². The van der Waals surface area contributed by atoms with E-state index < -0.39 is 10.0 Å². The zero-order valence-electron chi connectivity index (χ0n) is 10.2. The number of rotatable bonds is 3. The van der Waals surface area contributed by atoms with Crippen molar-refractivity contribution in [3.05, 3.63) is 30.3 Å². The van der Waals surface area contributed by atoms with Gasteiger partial charge in [0.15, 0.2) is 0 Å². The molecule has 1 atom stereocenters. The van der Waals surface area contributed by atoms with Gasteiger partial charge in [0.05, 0.1) is 4.90 Å². The summed E-state index contributed by atoms with van der Waals surface area (Å²) in [6, 6.07) is 8.59. The number of benzene rings is 1. The minimum absolute atomic E-state index is 0. The van der Waals surface area contributed by atoms with E-state index in [2.05, 4.69) is 0 Å². The normalized spacial score (nSPS) is 21.3. The second-order valence-corrected chi connectivity index (χ2v) is 6.36. The van der Waals surface area contributed by atoms with Crippen molar-refractivity contribution in [3.63, 3.8) is 0 Å². The Balaban J connectivity index is 0.00000162. The van der Waals surface area contributed by atoms with Crippen LogP contribution in [-0.4, -0.2) is 32.4 Å². The molecule has 2 N–H and O–H groups in total. The van der Waals surface area contributed by atoms with Crippen LogP contribution in [0.1, 0.15) is 12.8 Å². The number of nitrogens with zero attached hydrogens (tertiary/aromatic N) is 1. The summed E-state index contributed by atoms with van der Waals surface area (Å²) < 4.78 is 26.2. The lowest BCUT2D eigenvalue weighted by atomic mass is 10.0. The first-order valence-electron chi connectivity index (χ1n) is 5.90. The molecule has 1 heterocycles. The second-order valence-electron chi connectivity index (χ2n) is 4.42. The molecule has 0 amide bonds. The highest BCUT2D eigenvalue weighted by molar-refractivity contribution is 7.89. The highest BCUT2D eigenvalue weighted by Crippen LogP contribution is 2.22. The Bertz CT molecular complexity index is 464. The van der Waals surface area contributed by atoms with Gasteiger partial charge in [-0.1, -0.05) is 18.2 Å². The average molecular weight is 291 g/mol. The molecule has 1 aliphatic rings. The number of sulfonamides is 1. The molecule has 1 aliphatic heterocycles. The van der Waals surface area contributed by atoms with Gasteiger partial charge in [0.2, 0.25) is 10.0 Å². The Kier molecular flexibility index (Phi) is 5.59. The fourth-order valence-corrected chi connectivity index (χ4v) is 3.75. The minimum Gasteiger partial charge on any atom is -0.330 e. The molecule has 0 aliphatic carbocycles. The minimum atomic E-state index is -3.33. The van der Waals surface area contributed by atoms with Crippen molar-refractivity contribution in [3.8, 4) is 0 Å². The van der Waals surface area contributed by atoms with Gasteiger partial charge in [-0.2, -0.15) is 4.31 Å². The van der Waals surface area contributed by atoms with Crippen molar-refractivity contribution in [2.45, 2.75) is 17.7 Å².